The van der Waals surface area contributed by atoms with Gasteiger partial charge < -0.3 is 5.32 Å². The van der Waals surface area contributed by atoms with Crippen molar-refractivity contribution < 1.29 is 35.5 Å². The minimum absolute atomic E-state index is 0.0126. The van der Waals surface area contributed by atoms with Crippen molar-refractivity contribution in [1.29, 1.82) is 0 Å². The molecule has 0 saturated carbocycles. The zero-order chi connectivity index (χ0) is 27.9. The lowest BCUT2D eigenvalue weighted by molar-refractivity contribution is -0.118. The monoisotopic (exact) mass is 653 g/mol. The summed E-state index contributed by atoms with van der Waals surface area (Å²) < 4.78 is 65.2. The van der Waals surface area contributed by atoms with Gasteiger partial charge in [-0.1, -0.05) is 29.8 Å². The molecule has 2 aromatic carbocycles. The van der Waals surface area contributed by atoms with Gasteiger partial charge in [0.25, 0.3) is 32.1 Å². The van der Waals surface area contributed by atoms with Crippen molar-refractivity contribution in [3.63, 3.8) is 0 Å². The highest BCUT2D eigenvalue weighted by molar-refractivity contribution is 9.12. The molecule has 1 aliphatic heterocycles. The zero-order valence-corrected chi connectivity index (χ0v) is 23.0. The summed E-state index contributed by atoms with van der Waals surface area (Å²) in [6.45, 7) is 4.82. The van der Waals surface area contributed by atoms with E-state index in [1.54, 1.807) is 0 Å². The van der Waals surface area contributed by atoms with Crippen molar-refractivity contribution in [3.8, 4) is 0 Å². The van der Waals surface area contributed by atoms with E-state index in [4.69, 9.17) is 23.2 Å². The van der Waals surface area contributed by atoms with Crippen LogP contribution in [0.25, 0.3) is 0 Å². The number of azo groups is 1. The van der Waals surface area contributed by atoms with Crippen molar-refractivity contribution in [2.75, 3.05) is 10.3 Å². The van der Waals surface area contributed by atoms with Gasteiger partial charge in [-0.05, 0) is 53.2 Å². The van der Waals surface area contributed by atoms with Crippen LogP contribution in [0.4, 0.5) is 17.1 Å². The molecule has 1 heterocycles. The second-order valence-electron chi connectivity index (χ2n) is 7.24. The number of amides is 2. The fourth-order valence-corrected chi connectivity index (χ4v) is 4.98. The predicted molar refractivity (Wildman–Crippen MR) is 138 cm³/mol. The quantitative estimate of drug-likeness (QED) is 0.224. The lowest BCUT2D eigenvalue weighted by Gasteiger charge is -2.15. The Bertz CT molecular complexity index is 1630. The van der Waals surface area contributed by atoms with Gasteiger partial charge >= 0.3 is 0 Å². The SMILES string of the molecule is C=C(Br)C(=O)Nc1ccc(S(=O)(=O)O)c(N=N[C@@H]2C(=O)N(c3cc(Cl)c(S(=O)(=O)O)cc3Cl)N=C2C)c1. The maximum atomic E-state index is 13.0. The summed E-state index contributed by atoms with van der Waals surface area (Å²) in [7, 11) is -9.46. The second kappa shape index (κ2) is 10.6. The third kappa shape index (κ3) is 6.40. The van der Waals surface area contributed by atoms with Gasteiger partial charge in [-0.3, -0.25) is 18.7 Å². The predicted octanol–water partition coefficient (Wildman–Crippen LogP) is 4.21. The number of hydrogen-bond donors (Lipinski definition) is 3. The maximum Gasteiger partial charge on any atom is 0.296 e. The Morgan fingerprint density at radius 2 is 1.73 bits per heavy atom. The lowest BCUT2D eigenvalue weighted by atomic mass is 10.2. The van der Waals surface area contributed by atoms with Crippen LogP contribution < -0.4 is 10.3 Å². The summed E-state index contributed by atoms with van der Waals surface area (Å²) in [5.74, 6) is -1.45. The average Bonchev–Trinajstić information content (AvgIpc) is 3.05. The molecule has 0 saturated heterocycles. The van der Waals surface area contributed by atoms with Gasteiger partial charge in [0.15, 0.2) is 6.04 Å². The number of carbonyl (C=O) groups excluding carboxylic acids is 2. The van der Waals surface area contributed by atoms with Crippen molar-refractivity contribution in [2.45, 2.75) is 22.8 Å². The first-order valence-corrected chi connectivity index (χ1v) is 14.0. The number of rotatable bonds is 7. The summed E-state index contributed by atoms with van der Waals surface area (Å²) in [6, 6.07) is 3.72. The number of carbonyl (C=O) groups is 2. The van der Waals surface area contributed by atoms with Gasteiger partial charge in [-0.2, -0.15) is 37.2 Å². The van der Waals surface area contributed by atoms with E-state index in [0.717, 1.165) is 29.3 Å². The molecule has 13 nitrogen and oxygen atoms in total. The minimum atomic E-state index is -4.77. The molecule has 0 unspecified atom stereocenters. The van der Waals surface area contributed by atoms with Crippen LogP contribution in [0.2, 0.25) is 10.0 Å². The minimum Gasteiger partial charge on any atom is -0.321 e. The van der Waals surface area contributed by atoms with E-state index in [-0.39, 0.29) is 26.6 Å². The van der Waals surface area contributed by atoms with Crippen molar-refractivity contribution in [3.05, 3.63) is 51.4 Å². The molecule has 1 atom stereocenters. The summed E-state index contributed by atoms with van der Waals surface area (Å²) in [5, 5.41) is 14.1. The topological polar surface area (TPSA) is 195 Å². The number of anilines is 2. The normalized spacial score (nSPS) is 16.3. The molecule has 37 heavy (non-hydrogen) atoms. The molecule has 0 bridgehead atoms. The molecular weight excluding hydrogens is 641 g/mol. The molecular formula is C19H14BrCl2N5O8S2. The van der Waals surface area contributed by atoms with E-state index in [1.807, 2.05) is 0 Å². The Hall–Kier alpha value is -2.73. The van der Waals surface area contributed by atoms with Gasteiger partial charge in [0.1, 0.15) is 15.5 Å². The number of nitrogens with one attached hydrogen (secondary N) is 1. The molecule has 3 N–H and O–H groups in total. The van der Waals surface area contributed by atoms with Crippen molar-refractivity contribution in [1.82, 2.24) is 0 Å². The number of hydrazone groups is 1. The van der Waals surface area contributed by atoms with Crippen LogP contribution >= 0.6 is 39.1 Å². The summed E-state index contributed by atoms with van der Waals surface area (Å²) in [6.07, 6.45) is 0. The molecule has 0 aliphatic carbocycles. The first kappa shape index (κ1) is 28.8. The van der Waals surface area contributed by atoms with Gasteiger partial charge in [0.05, 0.1) is 25.9 Å². The highest BCUT2D eigenvalue weighted by Crippen LogP contribution is 2.37. The summed E-state index contributed by atoms with van der Waals surface area (Å²) >= 11 is 14.9. The second-order valence-corrected chi connectivity index (χ2v) is 11.8. The van der Waals surface area contributed by atoms with E-state index in [2.05, 4.69) is 43.2 Å². The molecule has 0 fully saturated rings. The summed E-state index contributed by atoms with van der Waals surface area (Å²) in [5.41, 5.74) is -0.358. The molecule has 1 aliphatic rings. The van der Waals surface area contributed by atoms with E-state index < -0.39 is 58.6 Å². The Morgan fingerprint density at radius 3 is 2.30 bits per heavy atom. The van der Waals surface area contributed by atoms with E-state index in [1.165, 1.54) is 13.0 Å². The molecule has 196 valence electrons. The summed E-state index contributed by atoms with van der Waals surface area (Å²) in [4.78, 5) is 23.5. The van der Waals surface area contributed by atoms with Gasteiger partial charge in [-0.25, -0.2) is 0 Å². The molecule has 0 spiro atoms. The van der Waals surface area contributed by atoms with Crippen molar-refractivity contribution >= 4 is 94.0 Å². The molecule has 0 aromatic heterocycles. The van der Waals surface area contributed by atoms with Crippen LogP contribution in [0.5, 0.6) is 0 Å². The Labute approximate surface area is 228 Å². The van der Waals surface area contributed by atoms with Crippen LogP contribution in [0.3, 0.4) is 0 Å². The molecule has 2 aromatic rings. The van der Waals surface area contributed by atoms with Crippen LogP contribution in [0.15, 0.2) is 66.5 Å². The number of hydrogen-bond acceptors (Lipinski definition) is 9. The number of nitrogens with zero attached hydrogens (tertiary/aromatic N) is 4. The fraction of sp³-hybridized carbons (Fsp3) is 0.105. The van der Waals surface area contributed by atoms with Gasteiger partial charge in [-0.15, -0.1) is 0 Å². The van der Waals surface area contributed by atoms with Gasteiger partial charge in [0, 0.05) is 5.69 Å². The van der Waals surface area contributed by atoms with Crippen LogP contribution in [-0.4, -0.2) is 49.5 Å². The first-order valence-electron chi connectivity index (χ1n) is 9.54. The van der Waals surface area contributed by atoms with E-state index >= 15 is 0 Å². The lowest BCUT2D eigenvalue weighted by Crippen LogP contribution is -2.30. The fourth-order valence-electron chi connectivity index (χ4n) is 2.95. The Kier molecular flexibility index (Phi) is 8.23. The van der Waals surface area contributed by atoms with E-state index in [0.29, 0.717) is 0 Å². The third-order valence-electron chi connectivity index (χ3n) is 4.63. The molecule has 2 amide bonds. The number of halogens is 3. The van der Waals surface area contributed by atoms with Crippen LogP contribution in [0.1, 0.15) is 6.92 Å². The highest BCUT2D eigenvalue weighted by atomic mass is 79.9. The first-order chi connectivity index (χ1) is 17.0. The van der Waals surface area contributed by atoms with Gasteiger partial charge in [0.2, 0.25) is 0 Å². The smallest absolute Gasteiger partial charge is 0.296 e. The maximum absolute atomic E-state index is 13.0. The highest BCUT2D eigenvalue weighted by Gasteiger charge is 2.36. The zero-order valence-electron chi connectivity index (χ0n) is 18.3. The van der Waals surface area contributed by atoms with E-state index in [9.17, 15) is 35.5 Å². The molecule has 18 heteroatoms. The van der Waals surface area contributed by atoms with Crippen LogP contribution in [0, 0.1) is 0 Å². The Morgan fingerprint density at radius 1 is 1.11 bits per heavy atom. The third-order valence-corrected chi connectivity index (χ3v) is 7.51. The molecule has 0 radical (unpaired) electrons. The standard InChI is InChI=1S/C19H14BrCl2N5O8S2/c1-8(20)18(28)23-10-3-4-15(36(30,31)32)13(5-10)24-25-17-9(2)26-27(19(17)29)14-6-12(22)16(7-11(14)21)37(33,34)35/h3-7,17H,1H2,2H3,(H,23,28)(H,30,31,32)(H,33,34,35)/t17-/m0/s1. The van der Waals surface area contributed by atoms with Crippen LogP contribution in [-0.2, 0) is 29.8 Å². The Balaban J connectivity index is 1.98. The van der Waals surface area contributed by atoms with Crippen molar-refractivity contribution in [2.24, 2.45) is 15.3 Å². The number of benzene rings is 2. The largest absolute Gasteiger partial charge is 0.321 e. The average molecular weight is 655 g/mol. The molecule has 3 rings (SSSR count).